The van der Waals surface area contributed by atoms with Gasteiger partial charge in [-0.05, 0) is 47.5 Å². The molecule has 0 aliphatic carbocycles. The Morgan fingerprint density at radius 1 is 0.857 bits per heavy atom. The van der Waals surface area contributed by atoms with Crippen molar-refractivity contribution in [2.45, 2.75) is 19.5 Å². The van der Waals surface area contributed by atoms with Gasteiger partial charge in [0.25, 0.3) is 5.56 Å². The lowest BCUT2D eigenvalue weighted by atomic mass is 10.1. The first-order valence-corrected chi connectivity index (χ1v) is 10.9. The van der Waals surface area contributed by atoms with Gasteiger partial charge in [0.05, 0.1) is 23.0 Å². The molecule has 1 aromatic heterocycles. The zero-order chi connectivity index (χ0) is 24.9. The van der Waals surface area contributed by atoms with Crippen molar-refractivity contribution in [3.05, 3.63) is 111 Å². The fraction of sp³-hybridized carbons (Fsp3) is 0.154. The van der Waals surface area contributed by atoms with E-state index in [1.165, 1.54) is 16.7 Å². The third-order valence-electron chi connectivity index (χ3n) is 5.59. The molecular formula is C26H23FN4O4. The number of para-hydroxylation sites is 1. The molecule has 3 aromatic carbocycles. The minimum Gasteiger partial charge on any atom is -0.359 e. The number of hydrogen-bond acceptors (Lipinski definition) is 4. The summed E-state index contributed by atoms with van der Waals surface area (Å²) in [7, 11) is 1.55. The number of nitrogens with zero attached hydrogens (tertiary/aromatic N) is 2. The quantitative estimate of drug-likeness (QED) is 0.427. The summed E-state index contributed by atoms with van der Waals surface area (Å²) in [6.07, 6.45) is 0.169. The van der Waals surface area contributed by atoms with Crippen molar-refractivity contribution in [3.63, 3.8) is 0 Å². The summed E-state index contributed by atoms with van der Waals surface area (Å²) in [6, 6.07) is 18.8. The second-order valence-electron chi connectivity index (χ2n) is 7.95. The number of fused-ring (bicyclic) bond motifs is 1. The van der Waals surface area contributed by atoms with E-state index in [2.05, 4.69) is 10.6 Å². The van der Waals surface area contributed by atoms with Crippen LogP contribution in [0.15, 0.2) is 82.4 Å². The van der Waals surface area contributed by atoms with Crippen LogP contribution in [0.4, 0.5) is 4.39 Å². The number of amides is 2. The molecule has 0 saturated heterocycles. The van der Waals surface area contributed by atoms with E-state index < -0.39 is 17.2 Å². The summed E-state index contributed by atoms with van der Waals surface area (Å²) in [4.78, 5) is 50.9. The average Bonchev–Trinajstić information content (AvgIpc) is 2.87. The SMILES string of the molecule is CNC(=O)Cc1ccc(-n2c(=O)c3ccccc3n(CC(=O)NCc3ccc(F)cc3)c2=O)cc1. The van der Waals surface area contributed by atoms with E-state index in [4.69, 9.17) is 0 Å². The molecule has 0 unspecified atom stereocenters. The lowest BCUT2D eigenvalue weighted by Gasteiger charge is -2.14. The zero-order valence-corrected chi connectivity index (χ0v) is 19.0. The number of likely N-dealkylation sites (N-methyl/N-ethyl adjacent to an activating group) is 1. The number of benzene rings is 3. The summed E-state index contributed by atoms with van der Waals surface area (Å²) >= 11 is 0. The van der Waals surface area contributed by atoms with Crippen LogP contribution < -0.4 is 21.9 Å². The van der Waals surface area contributed by atoms with Crippen molar-refractivity contribution < 1.29 is 14.0 Å². The van der Waals surface area contributed by atoms with Crippen LogP contribution in [0.5, 0.6) is 0 Å². The molecule has 0 fully saturated rings. The van der Waals surface area contributed by atoms with Gasteiger partial charge in [0.1, 0.15) is 12.4 Å². The lowest BCUT2D eigenvalue weighted by Crippen LogP contribution is -2.41. The summed E-state index contributed by atoms with van der Waals surface area (Å²) in [5, 5.41) is 5.55. The van der Waals surface area contributed by atoms with Gasteiger partial charge in [-0.2, -0.15) is 0 Å². The Hall–Kier alpha value is -4.53. The maximum absolute atomic E-state index is 13.4. The third-order valence-corrected chi connectivity index (χ3v) is 5.59. The number of carbonyl (C=O) groups excluding carboxylic acids is 2. The molecule has 0 atom stereocenters. The molecule has 0 spiro atoms. The Balaban J connectivity index is 1.68. The largest absolute Gasteiger partial charge is 0.359 e. The fourth-order valence-electron chi connectivity index (χ4n) is 3.74. The molecule has 0 aliphatic rings. The molecule has 8 nitrogen and oxygen atoms in total. The summed E-state index contributed by atoms with van der Waals surface area (Å²) in [5.41, 5.74) is 0.928. The zero-order valence-electron chi connectivity index (χ0n) is 19.0. The summed E-state index contributed by atoms with van der Waals surface area (Å²) in [5.74, 6) is -0.968. The Morgan fingerprint density at radius 2 is 1.51 bits per heavy atom. The number of carbonyl (C=O) groups is 2. The second kappa shape index (κ2) is 10.2. The Labute approximate surface area is 199 Å². The van der Waals surface area contributed by atoms with Gasteiger partial charge in [-0.3, -0.25) is 19.0 Å². The molecule has 1 heterocycles. The normalized spacial score (nSPS) is 10.8. The first-order valence-electron chi connectivity index (χ1n) is 10.9. The van der Waals surface area contributed by atoms with Crippen LogP contribution in [-0.2, 0) is 29.1 Å². The van der Waals surface area contributed by atoms with Gasteiger partial charge in [0.15, 0.2) is 0 Å². The van der Waals surface area contributed by atoms with Crippen LogP contribution in [0.25, 0.3) is 16.6 Å². The van der Waals surface area contributed by atoms with Gasteiger partial charge in [-0.1, -0.05) is 36.4 Å². The van der Waals surface area contributed by atoms with Gasteiger partial charge < -0.3 is 10.6 Å². The highest BCUT2D eigenvalue weighted by Crippen LogP contribution is 2.12. The number of nitrogens with one attached hydrogen (secondary N) is 2. The first kappa shape index (κ1) is 23.6. The predicted octanol–water partition coefficient (Wildman–Crippen LogP) is 1.90. The van der Waals surface area contributed by atoms with E-state index >= 15 is 0 Å². The molecule has 0 bridgehead atoms. The van der Waals surface area contributed by atoms with Crippen molar-refractivity contribution in [1.29, 1.82) is 0 Å². The van der Waals surface area contributed by atoms with Gasteiger partial charge in [0, 0.05) is 13.6 Å². The van der Waals surface area contributed by atoms with E-state index in [1.807, 2.05) is 0 Å². The van der Waals surface area contributed by atoms with E-state index in [1.54, 1.807) is 67.7 Å². The van der Waals surface area contributed by atoms with Crippen molar-refractivity contribution in [1.82, 2.24) is 19.8 Å². The van der Waals surface area contributed by atoms with E-state index in [0.29, 0.717) is 16.8 Å². The maximum Gasteiger partial charge on any atom is 0.336 e. The Morgan fingerprint density at radius 3 is 2.20 bits per heavy atom. The standard InChI is InChI=1S/C26H23FN4O4/c1-28-23(32)14-17-8-12-20(13-9-17)31-25(34)21-4-2-3-5-22(21)30(26(31)35)16-24(33)29-15-18-6-10-19(27)11-7-18/h2-13H,14-16H2,1H3,(H,28,32)(H,29,33). The molecule has 9 heteroatoms. The molecule has 178 valence electrons. The highest BCUT2D eigenvalue weighted by atomic mass is 19.1. The minimum absolute atomic E-state index is 0.158. The van der Waals surface area contributed by atoms with Crippen LogP contribution in [0, 0.1) is 5.82 Å². The highest BCUT2D eigenvalue weighted by molar-refractivity contribution is 5.82. The topological polar surface area (TPSA) is 102 Å². The van der Waals surface area contributed by atoms with E-state index in [-0.39, 0.29) is 36.6 Å². The molecule has 2 N–H and O–H groups in total. The van der Waals surface area contributed by atoms with E-state index in [0.717, 1.165) is 10.1 Å². The van der Waals surface area contributed by atoms with Crippen molar-refractivity contribution in [2.75, 3.05) is 7.05 Å². The van der Waals surface area contributed by atoms with Crippen molar-refractivity contribution in [2.24, 2.45) is 0 Å². The van der Waals surface area contributed by atoms with Crippen LogP contribution in [-0.4, -0.2) is 28.0 Å². The van der Waals surface area contributed by atoms with E-state index in [9.17, 15) is 23.6 Å². The Kier molecular flexibility index (Phi) is 6.86. The molecule has 4 aromatic rings. The molecule has 4 rings (SSSR count). The monoisotopic (exact) mass is 474 g/mol. The summed E-state index contributed by atoms with van der Waals surface area (Å²) < 4.78 is 15.4. The van der Waals surface area contributed by atoms with Crippen LogP contribution in [0.1, 0.15) is 11.1 Å². The minimum atomic E-state index is -0.662. The van der Waals surface area contributed by atoms with Gasteiger partial charge in [-0.25, -0.2) is 13.8 Å². The van der Waals surface area contributed by atoms with Gasteiger partial charge in [-0.15, -0.1) is 0 Å². The number of halogens is 1. The van der Waals surface area contributed by atoms with Crippen LogP contribution >= 0.6 is 0 Å². The summed E-state index contributed by atoms with van der Waals surface area (Å²) in [6.45, 7) is -0.145. The lowest BCUT2D eigenvalue weighted by molar-refractivity contribution is -0.122. The third kappa shape index (κ3) is 5.19. The van der Waals surface area contributed by atoms with Crippen LogP contribution in [0.2, 0.25) is 0 Å². The number of aromatic nitrogens is 2. The second-order valence-corrected chi connectivity index (χ2v) is 7.95. The number of rotatable bonds is 7. The highest BCUT2D eigenvalue weighted by Gasteiger charge is 2.16. The van der Waals surface area contributed by atoms with Crippen LogP contribution in [0.3, 0.4) is 0 Å². The Bertz CT molecular complexity index is 1510. The molecule has 0 aliphatic heterocycles. The van der Waals surface area contributed by atoms with Crippen molar-refractivity contribution >= 4 is 22.7 Å². The van der Waals surface area contributed by atoms with Crippen molar-refractivity contribution in [3.8, 4) is 5.69 Å². The molecule has 0 radical (unpaired) electrons. The molecular weight excluding hydrogens is 451 g/mol. The molecule has 35 heavy (non-hydrogen) atoms. The number of hydrogen-bond donors (Lipinski definition) is 2. The fourth-order valence-corrected chi connectivity index (χ4v) is 3.74. The first-order chi connectivity index (χ1) is 16.9. The van der Waals surface area contributed by atoms with Gasteiger partial charge >= 0.3 is 5.69 Å². The smallest absolute Gasteiger partial charge is 0.336 e. The molecule has 0 saturated carbocycles. The molecule has 2 amide bonds. The average molecular weight is 474 g/mol. The maximum atomic E-state index is 13.4. The van der Waals surface area contributed by atoms with Gasteiger partial charge in [0.2, 0.25) is 11.8 Å². The predicted molar refractivity (Wildman–Crippen MR) is 130 cm³/mol.